The Hall–Kier alpha value is -7.43. The Morgan fingerprint density at radius 2 is 0.836 bits per heavy atom. The van der Waals surface area contributed by atoms with Crippen molar-refractivity contribution < 1.29 is 0 Å². The molecule has 0 radical (unpaired) electrons. The number of rotatable bonds is 7. The molecule has 0 fully saturated rings. The summed E-state index contributed by atoms with van der Waals surface area (Å²) in [6, 6.07) is 72.0. The number of hydrogen-bond acceptors (Lipinski definition) is 4. The molecule has 0 saturated heterocycles. The van der Waals surface area contributed by atoms with Crippen molar-refractivity contribution in [2.24, 2.45) is 0 Å². The van der Waals surface area contributed by atoms with Crippen LogP contribution < -0.4 is 4.90 Å². The van der Waals surface area contributed by atoms with Crippen LogP contribution in [0.3, 0.4) is 0 Å². The predicted octanol–water partition coefficient (Wildman–Crippen LogP) is 13.5. The van der Waals surface area contributed by atoms with Crippen LogP contribution in [0.25, 0.3) is 77.6 Å². The summed E-state index contributed by atoms with van der Waals surface area (Å²) >= 11 is 0. The maximum absolute atomic E-state index is 5.28. The fraction of sp³-hybridized carbons (Fsp3) is 0. The monoisotopic (exact) mass is 702 g/mol. The standard InChI is InChI=1S/C51H34N4/c1-5-15-35(16-6-1)47-34-48(36-17-7-2-8-18-36)54-51(53-47)39-28-31-43-38(33-39)27-32-45-49(43)44-23-13-14-24-46(44)52-50(45)37-25-29-42(30-26-37)55(40-19-9-3-10-20-40)41-21-11-4-12-22-41/h1-34H. The summed E-state index contributed by atoms with van der Waals surface area (Å²) in [4.78, 5) is 17.8. The topological polar surface area (TPSA) is 41.9 Å². The first kappa shape index (κ1) is 32.2. The van der Waals surface area contributed by atoms with Gasteiger partial charge in [0.15, 0.2) is 5.82 Å². The van der Waals surface area contributed by atoms with Crippen LogP contribution in [0.2, 0.25) is 0 Å². The zero-order valence-electron chi connectivity index (χ0n) is 29.9. The lowest BCUT2D eigenvalue weighted by Gasteiger charge is -2.25. The first-order chi connectivity index (χ1) is 27.3. The van der Waals surface area contributed by atoms with Gasteiger partial charge in [0.05, 0.1) is 22.6 Å². The molecular formula is C51H34N4. The van der Waals surface area contributed by atoms with Gasteiger partial charge in [-0.3, -0.25) is 0 Å². The van der Waals surface area contributed by atoms with Crippen LogP contribution in [0.15, 0.2) is 206 Å². The zero-order valence-corrected chi connectivity index (χ0v) is 29.9. The Balaban J connectivity index is 1.10. The van der Waals surface area contributed by atoms with Gasteiger partial charge in [-0.25, -0.2) is 15.0 Å². The van der Waals surface area contributed by atoms with Crippen LogP contribution in [0.4, 0.5) is 17.1 Å². The maximum atomic E-state index is 5.28. The van der Waals surface area contributed by atoms with E-state index in [0.717, 1.165) is 78.1 Å². The van der Waals surface area contributed by atoms with Gasteiger partial charge in [-0.1, -0.05) is 152 Å². The third-order valence-corrected chi connectivity index (χ3v) is 10.2. The molecule has 55 heavy (non-hydrogen) atoms. The Bertz CT molecular complexity index is 2850. The van der Waals surface area contributed by atoms with E-state index in [1.54, 1.807) is 0 Å². The molecule has 0 saturated carbocycles. The lowest BCUT2D eigenvalue weighted by Crippen LogP contribution is -2.09. The van der Waals surface area contributed by atoms with Crippen molar-refractivity contribution in [3.8, 4) is 45.2 Å². The van der Waals surface area contributed by atoms with Gasteiger partial charge in [-0.15, -0.1) is 0 Å². The number of benzene rings is 8. The highest BCUT2D eigenvalue weighted by atomic mass is 15.1. The second-order valence-corrected chi connectivity index (χ2v) is 13.6. The number of hydrogen-bond donors (Lipinski definition) is 0. The van der Waals surface area contributed by atoms with E-state index in [2.05, 4.69) is 175 Å². The summed E-state index contributed by atoms with van der Waals surface area (Å²) in [7, 11) is 0. The average molecular weight is 703 g/mol. The third-order valence-electron chi connectivity index (χ3n) is 10.2. The number of pyridine rings is 1. The van der Waals surface area contributed by atoms with Crippen molar-refractivity contribution in [3.63, 3.8) is 0 Å². The molecule has 0 atom stereocenters. The molecule has 0 bridgehead atoms. The molecule has 0 aliphatic heterocycles. The average Bonchev–Trinajstić information content (AvgIpc) is 3.27. The fourth-order valence-electron chi connectivity index (χ4n) is 7.60. The van der Waals surface area contributed by atoms with Crippen LogP contribution >= 0.6 is 0 Å². The molecule has 258 valence electrons. The summed E-state index contributed by atoms with van der Waals surface area (Å²) in [5, 5.41) is 5.72. The van der Waals surface area contributed by atoms with E-state index in [1.165, 1.54) is 10.8 Å². The van der Waals surface area contributed by atoms with Crippen LogP contribution in [-0.2, 0) is 0 Å². The van der Waals surface area contributed by atoms with Crippen molar-refractivity contribution in [1.29, 1.82) is 0 Å². The number of para-hydroxylation sites is 3. The molecule has 0 aliphatic carbocycles. The highest BCUT2D eigenvalue weighted by molar-refractivity contribution is 6.22. The third kappa shape index (κ3) is 6.06. The molecule has 0 aliphatic rings. The molecule has 0 spiro atoms. The van der Waals surface area contributed by atoms with E-state index in [-0.39, 0.29) is 0 Å². The van der Waals surface area contributed by atoms with Crippen molar-refractivity contribution >= 4 is 49.5 Å². The molecule has 8 aromatic carbocycles. The van der Waals surface area contributed by atoms with Crippen molar-refractivity contribution in [3.05, 3.63) is 206 Å². The largest absolute Gasteiger partial charge is 0.311 e. The van der Waals surface area contributed by atoms with Gasteiger partial charge in [0, 0.05) is 55.5 Å². The number of anilines is 3. The molecule has 0 N–H and O–H groups in total. The van der Waals surface area contributed by atoms with Gasteiger partial charge in [-0.2, -0.15) is 0 Å². The molecule has 10 rings (SSSR count). The Kier molecular flexibility index (Phi) is 8.12. The van der Waals surface area contributed by atoms with Crippen LogP contribution in [0, 0.1) is 0 Å². The Morgan fingerprint density at radius 1 is 0.327 bits per heavy atom. The van der Waals surface area contributed by atoms with E-state index < -0.39 is 0 Å². The summed E-state index contributed by atoms with van der Waals surface area (Å²) in [5.41, 5.74) is 11.2. The quantitative estimate of drug-likeness (QED) is 0.155. The van der Waals surface area contributed by atoms with E-state index in [0.29, 0.717) is 5.82 Å². The molecular weight excluding hydrogens is 669 g/mol. The number of fused-ring (bicyclic) bond motifs is 5. The highest BCUT2D eigenvalue weighted by Gasteiger charge is 2.17. The minimum absolute atomic E-state index is 0.697. The normalized spacial score (nSPS) is 11.3. The van der Waals surface area contributed by atoms with E-state index in [1.807, 2.05) is 36.4 Å². The first-order valence-corrected chi connectivity index (χ1v) is 18.5. The number of aromatic nitrogens is 3. The summed E-state index contributed by atoms with van der Waals surface area (Å²) in [6.07, 6.45) is 0. The fourth-order valence-corrected chi connectivity index (χ4v) is 7.60. The van der Waals surface area contributed by atoms with Crippen LogP contribution in [-0.4, -0.2) is 15.0 Å². The van der Waals surface area contributed by atoms with Crippen LogP contribution in [0.1, 0.15) is 0 Å². The first-order valence-electron chi connectivity index (χ1n) is 18.5. The van der Waals surface area contributed by atoms with E-state index in [9.17, 15) is 0 Å². The summed E-state index contributed by atoms with van der Waals surface area (Å²) in [6.45, 7) is 0. The smallest absolute Gasteiger partial charge is 0.160 e. The molecule has 2 aromatic heterocycles. The second-order valence-electron chi connectivity index (χ2n) is 13.6. The van der Waals surface area contributed by atoms with E-state index in [4.69, 9.17) is 15.0 Å². The van der Waals surface area contributed by atoms with Crippen molar-refractivity contribution in [2.75, 3.05) is 4.90 Å². The predicted molar refractivity (Wildman–Crippen MR) is 229 cm³/mol. The molecule has 4 heteroatoms. The minimum atomic E-state index is 0.697. The van der Waals surface area contributed by atoms with Gasteiger partial charge >= 0.3 is 0 Å². The Morgan fingerprint density at radius 3 is 1.45 bits per heavy atom. The molecule has 2 heterocycles. The van der Waals surface area contributed by atoms with Crippen molar-refractivity contribution in [2.45, 2.75) is 0 Å². The lowest BCUT2D eigenvalue weighted by molar-refractivity contribution is 1.18. The van der Waals surface area contributed by atoms with E-state index >= 15 is 0 Å². The summed E-state index contributed by atoms with van der Waals surface area (Å²) in [5.74, 6) is 0.697. The van der Waals surface area contributed by atoms with Crippen molar-refractivity contribution in [1.82, 2.24) is 15.0 Å². The molecule has 10 aromatic rings. The van der Waals surface area contributed by atoms with Gasteiger partial charge in [0.2, 0.25) is 0 Å². The van der Waals surface area contributed by atoms with Gasteiger partial charge in [0.25, 0.3) is 0 Å². The Labute approximate surface area is 319 Å². The van der Waals surface area contributed by atoms with Gasteiger partial charge in [0.1, 0.15) is 0 Å². The van der Waals surface area contributed by atoms with Gasteiger partial charge < -0.3 is 4.90 Å². The number of nitrogens with zero attached hydrogens (tertiary/aromatic N) is 4. The maximum Gasteiger partial charge on any atom is 0.160 e. The SMILES string of the molecule is c1ccc(-c2cc(-c3ccccc3)nc(-c3ccc4c(ccc5c(-c6ccc(N(c7ccccc7)c7ccccc7)cc6)nc6ccccc6c54)c3)n2)cc1. The second kappa shape index (κ2) is 13.8. The van der Waals surface area contributed by atoms with Crippen LogP contribution in [0.5, 0.6) is 0 Å². The molecule has 0 amide bonds. The zero-order chi connectivity index (χ0) is 36.6. The lowest BCUT2D eigenvalue weighted by atomic mass is 9.94. The van der Waals surface area contributed by atoms with Gasteiger partial charge in [-0.05, 0) is 65.4 Å². The molecule has 4 nitrogen and oxygen atoms in total. The highest BCUT2D eigenvalue weighted by Crippen LogP contribution is 2.40. The molecule has 0 unspecified atom stereocenters. The minimum Gasteiger partial charge on any atom is -0.311 e. The summed E-state index contributed by atoms with van der Waals surface area (Å²) < 4.78 is 0.